The average molecular weight is 206 g/mol. The first kappa shape index (κ1) is 9.15. The van der Waals surface area contributed by atoms with E-state index in [-0.39, 0.29) is 4.87 Å². The Morgan fingerprint density at radius 1 is 1.36 bits per heavy atom. The molecule has 0 aliphatic carbocycles. The van der Waals surface area contributed by atoms with Gasteiger partial charge >= 0.3 is 4.87 Å². The molecule has 3 nitrogen and oxygen atoms in total. The summed E-state index contributed by atoms with van der Waals surface area (Å²) in [6.07, 6.45) is 0. The maximum atomic E-state index is 11.0. The minimum atomic E-state index is -0.110. The predicted octanol–water partition coefficient (Wildman–Crippen LogP) is 2.12. The van der Waals surface area contributed by atoms with Crippen molar-refractivity contribution >= 4 is 11.3 Å². The summed E-state index contributed by atoms with van der Waals surface area (Å²) in [6.45, 7) is 4.04. The summed E-state index contributed by atoms with van der Waals surface area (Å²) >= 11 is 1.14. The van der Waals surface area contributed by atoms with Crippen LogP contribution in [-0.2, 0) is 0 Å². The SMILES string of the molecule is Cc1ccc(C)c(-c2n[nH]c(=O)s2)c1. The first-order chi connectivity index (χ1) is 6.66. The highest BCUT2D eigenvalue weighted by atomic mass is 32.1. The number of hydrogen-bond acceptors (Lipinski definition) is 3. The molecule has 14 heavy (non-hydrogen) atoms. The summed E-state index contributed by atoms with van der Waals surface area (Å²) in [6, 6.07) is 6.13. The maximum absolute atomic E-state index is 11.0. The van der Waals surface area contributed by atoms with Crippen LogP contribution in [0.1, 0.15) is 11.1 Å². The summed E-state index contributed by atoms with van der Waals surface area (Å²) < 4.78 is 0. The third kappa shape index (κ3) is 1.61. The minimum absolute atomic E-state index is 0.110. The van der Waals surface area contributed by atoms with Crippen molar-refractivity contribution < 1.29 is 0 Å². The number of H-pyrrole nitrogens is 1. The zero-order valence-corrected chi connectivity index (χ0v) is 8.81. The van der Waals surface area contributed by atoms with E-state index >= 15 is 0 Å². The molecule has 0 aliphatic rings. The average Bonchev–Trinajstić information content (AvgIpc) is 2.56. The first-order valence-electron chi connectivity index (χ1n) is 4.30. The summed E-state index contributed by atoms with van der Waals surface area (Å²) in [4.78, 5) is 10.9. The third-order valence-corrected chi connectivity index (χ3v) is 2.84. The van der Waals surface area contributed by atoms with Gasteiger partial charge in [-0.25, -0.2) is 5.10 Å². The molecule has 0 saturated carbocycles. The molecule has 72 valence electrons. The van der Waals surface area contributed by atoms with Crippen LogP contribution in [0.3, 0.4) is 0 Å². The number of aromatic nitrogens is 2. The van der Waals surface area contributed by atoms with Gasteiger partial charge in [-0.15, -0.1) is 0 Å². The number of nitrogens with one attached hydrogen (secondary N) is 1. The summed E-state index contributed by atoms with van der Waals surface area (Å²) in [7, 11) is 0. The highest BCUT2D eigenvalue weighted by molar-refractivity contribution is 7.12. The van der Waals surface area contributed by atoms with Gasteiger partial charge in [-0.05, 0) is 25.5 Å². The lowest BCUT2D eigenvalue weighted by Gasteiger charge is -2.01. The molecule has 0 atom stereocenters. The number of rotatable bonds is 1. The number of benzene rings is 1. The van der Waals surface area contributed by atoms with Gasteiger partial charge in [-0.3, -0.25) is 4.79 Å². The molecule has 0 fully saturated rings. The van der Waals surface area contributed by atoms with Gasteiger partial charge in [0, 0.05) is 5.56 Å². The van der Waals surface area contributed by atoms with Crippen LogP contribution in [0.5, 0.6) is 0 Å². The van der Waals surface area contributed by atoms with Crippen molar-refractivity contribution in [2.45, 2.75) is 13.8 Å². The molecule has 0 radical (unpaired) electrons. The summed E-state index contributed by atoms with van der Waals surface area (Å²) in [5.41, 5.74) is 3.35. The van der Waals surface area contributed by atoms with Crippen molar-refractivity contribution in [1.82, 2.24) is 10.2 Å². The van der Waals surface area contributed by atoms with Crippen LogP contribution < -0.4 is 4.87 Å². The van der Waals surface area contributed by atoms with E-state index in [2.05, 4.69) is 10.2 Å². The fraction of sp³-hybridized carbons (Fsp3) is 0.200. The maximum Gasteiger partial charge on any atom is 0.322 e. The Balaban J connectivity index is 2.61. The Bertz CT molecular complexity index is 513. The zero-order valence-electron chi connectivity index (χ0n) is 8.00. The third-order valence-electron chi connectivity index (χ3n) is 2.06. The second kappa shape index (κ2) is 3.38. The predicted molar refractivity (Wildman–Crippen MR) is 57.6 cm³/mol. The van der Waals surface area contributed by atoms with Gasteiger partial charge < -0.3 is 0 Å². The van der Waals surface area contributed by atoms with Gasteiger partial charge in [-0.2, -0.15) is 5.10 Å². The largest absolute Gasteiger partial charge is 0.322 e. The molecule has 4 heteroatoms. The Hall–Kier alpha value is -1.42. The smallest absolute Gasteiger partial charge is 0.255 e. The van der Waals surface area contributed by atoms with Crippen molar-refractivity contribution in [3.05, 3.63) is 39.0 Å². The summed E-state index contributed by atoms with van der Waals surface area (Å²) in [5.74, 6) is 0. The van der Waals surface area contributed by atoms with E-state index < -0.39 is 0 Å². The lowest BCUT2D eigenvalue weighted by atomic mass is 10.1. The van der Waals surface area contributed by atoms with E-state index in [0.29, 0.717) is 0 Å². The Kier molecular flexibility index (Phi) is 2.21. The molecule has 0 bridgehead atoms. The molecule has 0 amide bonds. The van der Waals surface area contributed by atoms with E-state index in [4.69, 9.17) is 0 Å². The van der Waals surface area contributed by atoms with Gasteiger partial charge in [-0.1, -0.05) is 29.0 Å². The van der Waals surface area contributed by atoms with Crippen molar-refractivity contribution in [3.63, 3.8) is 0 Å². The van der Waals surface area contributed by atoms with Crippen molar-refractivity contribution in [3.8, 4) is 10.6 Å². The minimum Gasteiger partial charge on any atom is -0.255 e. The van der Waals surface area contributed by atoms with E-state index in [1.165, 1.54) is 5.56 Å². The van der Waals surface area contributed by atoms with Crippen LogP contribution in [-0.4, -0.2) is 10.2 Å². The number of aromatic amines is 1. The van der Waals surface area contributed by atoms with Crippen LogP contribution in [0.25, 0.3) is 10.6 Å². The molecule has 0 unspecified atom stereocenters. The van der Waals surface area contributed by atoms with E-state index in [9.17, 15) is 4.79 Å². The zero-order chi connectivity index (χ0) is 10.1. The second-order valence-electron chi connectivity index (χ2n) is 3.24. The highest BCUT2D eigenvalue weighted by Gasteiger charge is 2.06. The molecule has 1 aromatic heterocycles. The van der Waals surface area contributed by atoms with E-state index in [0.717, 1.165) is 27.5 Å². The standard InChI is InChI=1S/C10H10N2OS/c1-6-3-4-7(2)8(5-6)9-11-12-10(13)14-9/h3-5H,1-2H3,(H,12,13). The van der Waals surface area contributed by atoms with Gasteiger partial charge in [0.05, 0.1) is 0 Å². The Morgan fingerprint density at radius 3 is 2.79 bits per heavy atom. The molecule has 2 aromatic rings. The van der Waals surface area contributed by atoms with Crippen LogP contribution in [0, 0.1) is 13.8 Å². The summed E-state index contributed by atoms with van der Waals surface area (Å²) in [5, 5.41) is 7.16. The van der Waals surface area contributed by atoms with Crippen LogP contribution in [0.2, 0.25) is 0 Å². The van der Waals surface area contributed by atoms with Crippen molar-refractivity contribution in [2.75, 3.05) is 0 Å². The molecular formula is C10H10N2OS. The Labute approximate surface area is 85.4 Å². The monoisotopic (exact) mass is 206 g/mol. The highest BCUT2D eigenvalue weighted by Crippen LogP contribution is 2.23. The lowest BCUT2D eigenvalue weighted by Crippen LogP contribution is -1.90. The van der Waals surface area contributed by atoms with Gasteiger partial charge in [0.2, 0.25) is 0 Å². The lowest BCUT2D eigenvalue weighted by molar-refractivity contribution is 1.06. The Morgan fingerprint density at radius 2 is 2.14 bits per heavy atom. The molecule has 2 rings (SSSR count). The topological polar surface area (TPSA) is 45.8 Å². The molecule has 0 spiro atoms. The van der Waals surface area contributed by atoms with Gasteiger partial charge in [0.25, 0.3) is 0 Å². The first-order valence-corrected chi connectivity index (χ1v) is 5.11. The second-order valence-corrected chi connectivity index (χ2v) is 4.20. The fourth-order valence-electron chi connectivity index (χ4n) is 1.31. The fourth-order valence-corrected chi connectivity index (χ4v) is 2.00. The van der Waals surface area contributed by atoms with E-state index in [1.54, 1.807) is 0 Å². The van der Waals surface area contributed by atoms with Crippen LogP contribution in [0.4, 0.5) is 0 Å². The molecule has 1 heterocycles. The molecule has 0 aliphatic heterocycles. The molecular weight excluding hydrogens is 196 g/mol. The quantitative estimate of drug-likeness (QED) is 0.776. The number of nitrogens with zero attached hydrogens (tertiary/aromatic N) is 1. The molecule has 1 aromatic carbocycles. The van der Waals surface area contributed by atoms with Crippen molar-refractivity contribution in [2.24, 2.45) is 0 Å². The van der Waals surface area contributed by atoms with E-state index in [1.807, 2.05) is 32.0 Å². The van der Waals surface area contributed by atoms with Crippen LogP contribution in [0.15, 0.2) is 23.0 Å². The normalized spacial score (nSPS) is 10.4. The number of aryl methyl sites for hydroxylation is 2. The van der Waals surface area contributed by atoms with Crippen molar-refractivity contribution in [1.29, 1.82) is 0 Å². The molecule has 0 saturated heterocycles. The molecule has 1 N–H and O–H groups in total. The van der Waals surface area contributed by atoms with Gasteiger partial charge in [0.15, 0.2) is 0 Å². The number of hydrogen-bond donors (Lipinski definition) is 1. The van der Waals surface area contributed by atoms with Gasteiger partial charge in [0.1, 0.15) is 5.01 Å². The van der Waals surface area contributed by atoms with Crippen LogP contribution >= 0.6 is 11.3 Å².